The van der Waals surface area contributed by atoms with Crippen LogP contribution in [0, 0.1) is 0 Å². The lowest BCUT2D eigenvalue weighted by Gasteiger charge is -2.24. The molecule has 0 saturated carbocycles. The summed E-state index contributed by atoms with van der Waals surface area (Å²) in [7, 11) is 0. The van der Waals surface area contributed by atoms with Gasteiger partial charge in [0.25, 0.3) is 0 Å². The van der Waals surface area contributed by atoms with Crippen LogP contribution in [0.4, 0.5) is 23.7 Å². The van der Waals surface area contributed by atoms with Gasteiger partial charge in [0.15, 0.2) is 11.9 Å². The minimum absolute atomic E-state index is 0.0765. The van der Waals surface area contributed by atoms with Crippen molar-refractivity contribution in [3.8, 4) is 11.5 Å². The summed E-state index contributed by atoms with van der Waals surface area (Å²) < 4.78 is 53.7. The van der Waals surface area contributed by atoms with Crippen molar-refractivity contribution in [3.05, 3.63) is 87.9 Å². The van der Waals surface area contributed by atoms with E-state index in [0.29, 0.717) is 28.6 Å². The van der Waals surface area contributed by atoms with Crippen LogP contribution in [0.25, 0.3) is 0 Å². The van der Waals surface area contributed by atoms with Crippen LogP contribution in [0.3, 0.4) is 0 Å². The van der Waals surface area contributed by atoms with Crippen LogP contribution in [0.1, 0.15) is 24.5 Å². The highest BCUT2D eigenvalue weighted by Gasteiger charge is 2.32. The maximum atomic E-state index is 13.2. The first-order valence-corrected chi connectivity index (χ1v) is 14.1. The number of amides is 2. The van der Waals surface area contributed by atoms with Crippen LogP contribution < -0.4 is 14.8 Å². The van der Waals surface area contributed by atoms with Gasteiger partial charge in [0.05, 0.1) is 12.2 Å². The number of carboxylic acid groups (broad SMARTS) is 1. The van der Waals surface area contributed by atoms with Crippen molar-refractivity contribution >= 4 is 40.9 Å². The number of ether oxygens (including phenoxy) is 3. The minimum atomic E-state index is -4.93. The summed E-state index contributed by atoms with van der Waals surface area (Å²) in [6.45, 7) is 2.42. The second-order valence-corrected chi connectivity index (χ2v) is 10.2. The Balaban J connectivity index is 1.65. The molecule has 232 valence electrons. The van der Waals surface area contributed by atoms with Crippen molar-refractivity contribution in [1.29, 1.82) is 0 Å². The van der Waals surface area contributed by atoms with E-state index < -0.39 is 30.2 Å². The maximum absolute atomic E-state index is 13.2. The number of aryl methyl sites for hydroxylation is 1. The van der Waals surface area contributed by atoms with Gasteiger partial charge in [-0.3, -0.25) is 0 Å². The maximum Gasteiger partial charge on any atom is 0.573 e. The Hall–Kier alpha value is -3.67. The number of anilines is 1. The molecule has 1 atom stereocenters. The Bertz CT molecular complexity index is 1340. The van der Waals surface area contributed by atoms with Gasteiger partial charge in [-0.15, -0.1) is 13.2 Å². The van der Waals surface area contributed by atoms with Crippen molar-refractivity contribution in [3.63, 3.8) is 0 Å². The Labute approximate surface area is 257 Å². The van der Waals surface area contributed by atoms with Gasteiger partial charge >= 0.3 is 18.4 Å². The molecule has 2 amide bonds. The first-order valence-electron chi connectivity index (χ1n) is 13.4. The molecule has 3 aromatic rings. The van der Waals surface area contributed by atoms with Gasteiger partial charge in [0, 0.05) is 29.6 Å². The molecule has 3 aromatic carbocycles. The fourth-order valence-electron chi connectivity index (χ4n) is 4.15. The molecule has 0 aromatic heterocycles. The van der Waals surface area contributed by atoms with Gasteiger partial charge in [-0.05, 0) is 73.4 Å². The number of nitrogens with one attached hydrogen (secondary N) is 1. The summed E-state index contributed by atoms with van der Waals surface area (Å²) in [5.41, 5.74) is 1.47. The summed E-state index contributed by atoms with van der Waals surface area (Å²) in [6.07, 6.45) is -4.66. The van der Waals surface area contributed by atoms with Gasteiger partial charge < -0.3 is 29.5 Å². The normalized spacial score (nSPS) is 12.0. The smallest absolute Gasteiger partial charge is 0.492 e. The minimum Gasteiger partial charge on any atom is -0.492 e. The van der Waals surface area contributed by atoms with E-state index in [1.807, 2.05) is 0 Å². The van der Waals surface area contributed by atoms with Crippen molar-refractivity contribution in [1.82, 2.24) is 4.90 Å². The summed E-state index contributed by atoms with van der Waals surface area (Å²) in [5.74, 6) is -1.10. The van der Waals surface area contributed by atoms with Crippen molar-refractivity contribution < 1.29 is 42.1 Å². The second-order valence-electron chi connectivity index (χ2n) is 9.32. The Morgan fingerprint density at radius 1 is 0.977 bits per heavy atom. The number of carbonyl (C=O) groups is 2. The number of aliphatic carboxylic acids is 1. The number of hydrogen-bond donors (Lipinski definition) is 2. The summed E-state index contributed by atoms with van der Waals surface area (Å²) in [6, 6.07) is 16.6. The molecule has 0 aliphatic rings. The molecule has 0 aliphatic heterocycles. The summed E-state index contributed by atoms with van der Waals surface area (Å²) >= 11 is 12.2. The summed E-state index contributed by atoms with van der Waals surface area (Å²) in [5, 5.41) is 12.7. The van der Waals surface area contributed by atoms with Gasteiger partial charge in [0.2, 0.25) is 0 Å². The van der Waals surface area contributed by atoms with E-state index in [1.165, 1.54) is 23.1 Å². The quantitative estimate of drug-likeness (QED) is 0.178. The van der Waals surface area contributed by atoms with E-state index >= 15 is 0 Å². The van der Waals surface area contributed by atoms with Crippen LogP contribution in [0.5, 0.6) is 11.5 Å². The van der Waals surface area contributed by atoms with Gasteiger partial charge in [-0.2, -0.15) is 0 Å². The predicted molar refractivity (Wildman–Crippen MR) is 157 cm³/mol. The average Bonchev–Trinajstić information content (AvgIpc) is 2.92. The lowest BCUT2D eigenvalue weighted by atomic mass is 10.1. The number of carboxylic acids is 1. The van der Waals surface area contributed by atoms with E-state index in [0.717, 1.165) is 17.2 Å². The van der Waals surface area contributed by atoms with Gasteiger partial charge in [-0.1, -0.05) is 47.5 Å². The lowest BCUT2D eigenvalue weighted by Crippen LogP contribution is -2.39. The largest absolute Gasteiger partial charge is 0.573 e. The van der Waals surface area contributed by atoms with Crippen molar-refractivity contribution in [2.24, 2.45) is 0 Å². The molecule has 3 rings (SSSR count). The van der Waals surface area contributed by atoms with E-state index in [2.05, 4.69) is 10.1 Å². The fraction of sp³-hybridized carbons (Fsp3) is 0.333. The first kappa shape index (κ1) is 33.8. The molecule has 0 fully saturated rings. The third kappa shape index (κ3) is 11.9. The van der Waals surface area contributed by atoms with Crippen LogP contribution in [-0.2, 0) is 22.4 Å². The molecule has 2 N–H and O–H groups in total. The molecule has 0 bridgehead atoms. The van der Waals surface area contributed by atoms with Crippen LogP contribution in [0.2, 0.25) is 10.0 Å². The van der Waals surface area contributed by atoms with Gasteiger partial charge in [0.1, 0.15) is 12.4 Å². The zero-order valence-electron chi connectivity index (χ0n) is 23.2. The number of carbonyl (C=O) groups excluding carboxylic acids is 1. The van der Waals surface area contributed by atoms with Gasteiger partial charge in [-0.25, -0.2) is 9.59 Å². The molecule has 0 heterocycles. The number of benzene rings is 3. The second kappa shape index (κ2) is 16.3. The Kier molecular flexibility index (Phi) is 12.8. The monoisotopic (exact) mass is 642 g/mol. The van der Waals surface area contributed by atoms with Crippen LogP contribution in [0.15, 0.2) is 66.7 Å². The number of nitrogens with zero attached hydrogens (tertiary/aromatic N) is 1. The molecule has 8 nitrogen and oxygen atoms in total. The Morgan fingerprint density at radius 2 is 1.65 bits per heavy atom. The molecule has 0 spiro atoms. The third-order valence-electron chi connectivity index (χ3n) is 6.08. The van der Waals surface area contributed by atoms with E-state index in [1.54, 1.807) is 49.4 Å². The lowest BCUT2D eigenvalue weighted by molar-refractivity contribution is -0.274. The first-order chi connectivity index (χ1) is 20.4. The number of alkyl halides is 3. The number of rotatable bonds is 15. The van der Waals surface area contributed by atoms with Crippen LogP contribution in [-0.4, -0.2) is 60.8 Å². The summed E-state index contributed by atoms with van der Waals surface area (Å²) in [4.78, 5) is 26.0. The van der Waals surface area contributed by atoms with E-state index in [9.17, 15) is 27.9 Å². The highest BCUT2D eigenvalue weighted by Crippen LogP contribution is 2.30. The van der Waals surface area contributed by atoms with Crippen molar-refractivity contribution in [2.45, 2.75) is 38.7 Å². The number of halogens is 5. The average molecular weight is 643 g/mol. The van der Waals surface area contributed by atoms with Crippen molar-refractivity contribution in [2.75, 3.05) is 31.6 Å². The highest BCUT2D eigenvalue weighted by molar-refractivity contribution is 6.34. The number of para-hydroxylation sites is 2. The molecule has 0 aliphatic carbocycles. The molecule has 1 unspecified atom stereocenters. The zero-order valence-corrected chi connectivity index (χ0v) is 24.7. The zero-order chi connectivity index (χ0) is 31.4. The van der Waals surface area contributed by atoms with E-state index in [4.69, 9.17) is 32.7 Å². The molecular formula is C30H31Cl2F3N2O6. The molecular weight excluding hydrogens is 612 g/mol. The molecule has 0 radical (unpaired) electrons. The van der Waals surface area contributed by atoms with E-state index in [-0.39, 0.29) is 38.4 Å². The standard InChI is InChI=1S/C30H31Cl2F3N2O6/c1-2-41-27(28(38)39)18-20-9-11-24(12-10-20)42-15-14-37(13-5-6-21-16-22(31)19-23(32)17-21)29(40)36-25-7-3-4-8-26(25)43-30(33,34)35/h3-4,7-12,16-17,19,27H,2,5-6,13-15,18H2,1H3,(H,36,40)(H,38,39). The Morgan fingerprint density at radius 3 is 2.28 bits per heavy atom. The number of urea groups is 1. The molecule has 13 heteroatoms. The fourth-order valence-corrected chi connectivity index (χ4v) is 4.72. The topological polar surface area (TPSA) is 97.3 Å². The SMILES string of the molecule is CCOC(Cc1ccc(OCCN(CCCc2cc(Cl)cc(Cl)c2)C(=O)Nc2ccccc2OC(F)(F)F)cc1)C(=O)O. The molecule has 43 heavy (non-hydrogen) atoms. The van der Waals surface area contributed by atoms with Crippen LogP contribution >= 0.6 is 23.2 Å². The highest BCUT2D eigenvalue weighted by atomic mass is 35.5. The number of hydrogen-bond acceptors (Lipinski definition) is 5. The predicted octanol–water partition coefficient (Wildman–Crippen LogP) is 7.47. The molecule has 0 saturated heterocycles. The third-order valence-corrected chi connectivity index (χ3v) is 6.51.